The fourth-order valence-electron chi connectivity index (χ4n) is 2.04. The Balaban J connectivity index is 2.33. The lowest BCUT2D eigenvalue weighted by Crippen LogP contribution is -2.22. The van der Waals surface area contributed by atoms with Gasteiger partial charge in [0.05, 0.1) is 0 Å². The molecular formula is C14H18BrNOS. The summed E-state index contributed by atoms with van der Waals surface area (Å²) < 4.78 is 6.51. The summed E-state index contributed by atoms with van der Waals surface area (Å²) in [7, 11) is 0. The highest BCUT2D eigenvalue weighted by Crippen LogP contribution is 2.33. The fraction of sp³-hybridized carbons (Fsp3) is 0.429. The van der Waals surface area contributed by atoms with Crippen molar-refractivity contribution in [3.05, 3.63) is 43.9 Å². The van der Waals surface area contributed by atoms with E-state index in [4.69, 9.17) is 4.42 Å². The minimum absolute atomic E-state index is 0.162. The Morgan fingerprint density at radius 3 is 2.67 bits per heavy atom. The molecule has 0 aromatic carbocycles. The molecule has 0 spiro atoms. The topological polar surface area (TPSA) is 25.2 Å². The van der Waals surface area contributed by atoms with E-state index in [1.165, 1.54) is 15.3 Å². The number of hydrogen-bond donors (Lipinski definition) is 1. The van der Waals surface area contributed by atoms with E-state index in [9.17, 15) is 0 Å². The monoisotopic (exact) mass is 327 g/mol. The summed E-state index contributed by atoms with van der Waals surface area (Å²) in [6, 6.07) is 6.38. The average Bonchev–Trinajstić information content (AvgIpc) is 2.87. The van der Waals surface area contributed by atoms with Crippen LogP contribution in [0.3, 0.4) is 0 Å². The minimum atomic E-state index is 0.162. The Bertz CT molecular complexity index is 518. The van der Waals surface area contributed by atoms with E-state index >= 15 is 0 Å². The molecule has 18 heavy (non-hydrogen) atoms. The summed E-state index contributed by atoms with van der Waals surface area (Å²) in [5.74, 6) is 0.972. The van der Waals surface area contributed by atoms with Crippen LogP contribution in [0, 0.1) is 13.8 Å². The zero-order valence-corrected chi connectivity index (χ0v) is 13.3. The summed E-state index contributed by atoms with van der Waals surface area (Å²) >= 11 is 5.21. The summed E-state index contributed by atoms with van der Waals surface area (Å²) in [6.07, 6.45) is 1.11. The van der Waals surface area contributed by atoms with Crippen molar-refractivity contribution >= 4 is 27.3 Å². The predicted molar refractivity (Wildman–Crippen MR) is 80.3 cm³/mol. The first kappa shape index (κ1) is 13.8. The van der Waals surface area contributed by atoms with Crippen LogP contribution in [0.25, 0.3) is 0 Å². The Morgan fingerprint density at radius 1 is 1.39 bits per heavy atom. The van der Waals surface area contributed by atoms with E-state index in [-0.39, 0.29) is 6.04 Å². The lowest BCUT2D eigenvalue weighted by atomic mass is 10.1. The van der Waals surface area contributed by atoms with Crippen LogP contribution in [0.15, 0.2) is 27.3 Å². The fourth-order valence-corrected chi connectivity index (χ4v) is 3.48. The molecule has 0 aliphatic heterocycles. The molecule has 4 heteroatoms. The maximum atomic E-state index is 5.72. The molecule has 2 rings (SSSR count). The molecular weight excluding hydrogens is 310 g/mol. The lowest BCUT2D eigenvalue weighted by molar-refractivity contribution is 0.435. The van der Waals surface area contributed by atoms with E-state index < -0.39 is 0 Å². The molecule has 0 saturated heterocycles. The summed E-state index contributed by atoms with van der Waals surface area (Å²) in [5, 5.41) is 3.57. The first-order chi connectivity index (χ1) is 8.61. The van der Waals surface area contributed by atoms with Crippen molar-refractivity contribution in [2.45, 2.75) is 33.2 Å². The number of halogens is 1. The minimum Gasteiger partial charge on any atom is -0.452 e. The van der Waals surface area contributed by atoms with Gasteiger partial charge in [0.15, 0.2) is 4.67 Å². The summed E-state index contributed by atoms with van der Waals surface area (Å²) in [5.41, 5.74) is 1.33. The van der Waals surface area contributed by atoms with E-state index in [2.05, 4.69) is 48.1 Å². The maximum absolute atomic E-state index is 5.72. The zero-order chi connectivity index (χ0) is 13.1. The zero-order valence-electron chi connectivity index (χ0n) is 10.9. The molecule has 1 N–H and O–H groups in total. The van der Waals surface area contributed by atoms with Gasteiger partial charge in [-0.15, -0.1) is 11.3 Å². The summed E-state index contributed by atoms with van der Waals surface area (Å²) in [4.78, 5) is 2.69. The van der Waals surface area contributed by atoms with Crippen molar-refractivity contribution in [3.63, 3.8) is 0 Å². The molecule has 0 radical (unpaired) electrons. The number of furan rings is 1. The van der Waals surface area contributed by atoms with Crippen LogP contribution in [0.4, 0.5) is 0 Å². The lowest BCUT2D eigenvalue weighted by Gasteiger charge is -2.16. The highest BCUT2D eigenvalue weighted by molar-refractivity contribution is 9.10. The molecule has 2 aromatic rings. The van der Waals surface area contributed by atoms with Crippen LogP contribution in [0.5, 0.6) is 0 Å². The second-order valence-electron chi connectivity index (χ2n) is 4.43. The van der Waals surface area contributed by atoms with Crippen LogP contribution in [-0.2, 0) is 0 Å². The first-order valence-corrected chi connectivity index (χ1v) is 7.78. The Labute approximate surface area is 121 Å². The third-order valence-electron chi connectivity index (χ3n) is 2.82. The molecule has 0 amide bonds. The predicted octanol–water partition coefficient (Wildman–Crippen LogP) is 4.81. The second-order valence-corrected chi connectivity index (χ2v) is 6.50. The van der Waals surface area contributed by atoms with Crippen molar-refractivity contribution in [1.82, 2.24) is 5.32 Å². The van der Waals surface area contributed by atoms with Gasteiger partial charge in [-0.05, 0) is 66.5 Å². The normalized spacial score (nSPS) is 12.9. The molecule has 98 valence electrons. The average molecular weight is 328 g/mol. The highest BCUT2D eigenvalue weighted by atomic mass is 79.9. The van der Waals surface area contributed by atoms with Crippen molar-refractivity contribution in [1.29, 1.82) is 0 Å². The van der Waals surface area contributed by atoms with Gasteiger partial charge in [-0.25, -0.2) is 0 Å². The quantitative estimate of drug-likeness (QED) is 0.852. The van der Waals surface area contributed by atoms with E-state index in [1.807, 2.05) is 23.5 Å². The van der Waals surface area contributed by atoms with Gasteiger partial charge in [0, 0.05) is 9.75 Å². The van der Waals surface area contributed by atoms with Crippen LogP contribution in [-0.4, -0.2) is 6.54 Å². The Hall–Kier alpha value is -0.580. The number of thiophene rings is 1. The Kier molecular flexibility index (Phi) is 4.65. The van der Waals surface area contributed by atoms with Crippen LogP contribution < -0.4 is 5.32 Å². The molecule has 1 atom stereocenters. The first-order valence-electron chi connectivity index (χ1n) is 6.17. The molecule has 0 bridgehead atoms. The summed E-state index contributed by atoms with van der Waals surface area (Å²) in [6.45, 7) is 7.47. The van der Waals surface area contributed by atoms with Gasteiger partial charge in [0.1, 0.15) is 11.8 Å². The van der Waals surface area contributed by atoms with Crippen LogP contribution in [0.1, 0.15) is 40.5 Å². The smallest absolute Gasteiger partial charge is 0.169 e. The van der Waals surface area contributed by atoms with E-state index in [0.29, 0.717) is 0 Å². The number of aryl methyl sites for hydroxylation is 2. The van der Waals surface area contributed by atoms with Crippen molar-refractivity contribution in [2.24, 2.45) is 0 Å². The van der Waals surface area contributed by atoms with E-state index in [0.717, 1.165) is 23.4 Å². The third kappa shape index (κ3) is 3.05. The standard InChI is InChI=1S/C14H18BrNOS/c1-4-7-16-13(11-5-6-12(15)17-11)14-9(2)8-10(3)18-14/h5-6,8,13,16H,4,7H2,1-3H3. The molecule has 0 saturated carbocycles. The largest absolute Gasteiger partial charge is 0.452 e. The maximum Gasteiger partial charge on any atom is 0.169 e. The van der Waals surface area contributed by atoms with Crippen molar-refractivity contribution < 1.29 is 4.42 Å². The number of nitrogens with one attached hydrogen (secondary N) is 1. The molecule has 0 fully saturated rings. The van der Waals surface area contributed by atoms with Crippen LogP contribution in [0.2, 0.25) is 0 Å². The molecule has 2 nitrogen and oxygen atoms in total. The van der Waals surface area contributed by atoms with Gasteiger partial charge in [0.25, 0.3) is 0 Å². The SMILES string of the molecule is CCCNC(c1ccc(Br)o1)c1sc(C)cc1C. The van der Waals surface area contributed by atoms with Gasteiger partial charge in [-0.3, -0.25) is 0 Å². The van der Waals surface area contributed by atoms with Gasteiger partial charge < -0.3 is 9.73 Å². The molecule has 0 aliphatic rings. The van der Waals surface area contributed by atoms with Gasteiger partial charge >= 0.3 is 0 Å². The third-order valence-corrected chi connectivity index (χ3v) is 4.46. The van der Waals surface area contributed by atoms with Crippen molar-refractivity contribution in [3.8, 4) is 0 Å². The van der Waals surface area contributed by atoms with Gasteiger partial charge in [-0.1, -0.05) is 6.92 Å². The van der Waals surface area contributed by atoms with E-state index in [1.54, 1.807) is 0 Å². The van der Waals surface area contributed by atoms with Crippen LogP contribution >= 0.6 is 27.3 Å². The second kappa shape index (κ2) is 6.04. The molecule has 1 unspecified atom stereocenters. The van der Waals surface area contributed by atoms with Gasteiger partial charge in [0.2, 0.25) is 0 Å². The highest BCUT2D eigenvalue weighted by Gasteiger charge is 2.20. The van der Waals surface area contributed by atoms with Gasteiger partial charge in [-0.2, -0.15) is 0 Å². The molecule has 2 aromatic heterocycles. The Morgan fingerprint density at radius 2 is 2.17 bits per heavy atom. The number of rotatable bonds is 5. The molecule has 2 heterocycles. The molecule has 0 aliphatic carbocycles. The number of hydrogen-bond acceptors (Lipinski definition) is 3. The van der Waals surface area contributed by atoms with Crippen molar-refractivity contribution in [2.75, 3.05) is 6.54 Å².